The molecule has 1 atom stereocenters. The molecule has 0 radical (unpaired) electrons. The summed E-state index contributed by atoms with van der Waals surface area (Å²) in [7, 11) is 0. The van der Waals surface area contributed by atoms with Crippen molar-refractivity contribution < 1.29 is 18.0 Å². The summed E-state index contributed by atoms with van der Waals surface area (Å²) in [5.41, 5.74) is 4.77. The van der Waals surface area contributed by atoms with E-state index in [1.807, 2.05) is 36.4 Å². The smallest absolute Gasteiger partial charge is 0.351 e. The lowest BCUT2D eigenvalue weighted by Gasteiger charge is -2.34. The van der Waals surface area contributed by atoms with Crippen molar-refractivity contribution in [1.29, 1.82) is 5.26 Å². The van der Waals surface area contributed by atoms with Crippen molar-refractivity contribution in [3.63, 3.8) is 0 Å². The van der Waals surface area contributed by atoms with Crippen molar-refractivity contribution in [2.75, 3.05) is 13.1 Å². The second kappa shape index (κ2) is 11.6. The second-order valence-corrected chi connectivity index (χ2v) is 8.89. The highest BCUT2D eigenvalue weighted by molar-refractivity contribution is 5.95. The van der Waals surface area contributed by atoms with Crippen LogP contribution in [0.2, 0.25) is 0 Å². The third kappa shape index (κ3) is 6.26. The van der Waals surface area contributed by atoms with Crippen molar-refractivity contribution in [2.24, 2.45) is 0 Å². The van der Waals surface area contributed by atoms with Gasteiger partial charge in [-0.1, -0.05) is 55.5 Å². The molecule has 188 valence electrons. The van der Waals surface area contributed by atoms with Crippen molar-refractivity contribution >= 4 is 18.3 Å². The third-order valence-electron chi connectivity index (χ3n) is 6.28. The van der Waals surface area contributed by atoms with Gasteiger partial charge in [-0.15, -0.1) is 12.4 Å². The molecule has 1 unspecified atom stereocenters. The number of nitrogens with one attached hydrogen (secondary N) is 1. The average molecular weight is 514 g/mol. The molecule has 0 bridgehead atoms. The van der Waals surface area contributed by atoms with Crippen LogP contribution in [0.3, 0.4) is 0 Å². The van der Waals surface area contributed by atoms with Gasteiger partial charge in [0.15, 0.2) is 0 Å². The number of rotatable bonds is 6. The highest BCUT2D eigenvalue weighted by atomic mass is 35.5. The van der Waals surface area contributed by atoms with Gasteiger partial charge < -0.3 is 5.32 Å². The molecule has 0 saturated carbocycles. The van der Waals surface area contributed by atoms with E-state index in [1.165, 1.54) is 17.7 Å². The van der Waals surface area contributed by atoms with E-state index in [0.29, 0.717) is 30.8 Å². The number of hydrogen-bond acceptors (Lipinski definition) is 3. The van der Waals surface area contributed by atoms with Gasteiger partial charge in [0.1, 0.15) is 0 Å². The predicted molar refractivity (Wildman–Crippen MR) is 136 cm³/mol. The largest absolute Gasteiger partial charge is 0.416 e. The van der Waals surface area contributed by atoms with Crippen molar-refractivity contribution in [3.05, 3.63) is 94.5 Å². The third-order valence-corrected chi connectivity index (χ3v) is 6.28. The molecule has 3 aromatic rings. The van der Waals surface area contributed by atoms with Crippen molar-refractivity contribution in [1.82, 2.24) is 10.2 Å². The van der Waals surface area contributed by atoms with E-state index in [-0.39, 0.29) is 30.7 Å². The maximum absolute atomic E-state index is 13.2. The molecule has 0 aromatic heterocycles. The molecule has 0 saturated heterocycles. The van der Waals surface area contributed by atoms with Crippen LogP contribution in [0.1, 0.15) is 51.9 Å². The fourth-order valence-corrected chi connectivity index (χ4v) is 4.67. The lowest BCUT2D eigenvalue weighted by Crippen LogP contribution is -2.32. The van der Waals surface area contributed by atoms with E-state index in [9.17, 15) is 18.0 Å². The summed E-state index contributed by atoms with van der Waals surface area (Å²) >= 11 is 0. The molecule has 1 N–H and O–H groups in total. The number of alkyl halides is 3. The molecule has 8 heteroatoms. The SMILES string of the molecule is CC1CN(Cc2cccc(C(F)(F)F)c2)Cc2c(-c3cccc(C(=O)NCCC#N)c3)cccc21.Cl. The summed E-state index contributed by atoms with van der Waals surface area (Å²) in [6, 6.07) is 21.0. The lowest BCUT2D eigenvalue weighted by molar-refractivity contribution is -0.137. The van der Waals surface area contributed by atoms with E-state index in [2.05, 4.69) is 23.2 Å². The maximum atomic E-state index is 13.2. The summed E-state index contributed by atoms with van der Waals surface area (Å²) in [5.74, 6) is -0.0200. The van der Waals surface area contributed by atoms with E-state index >= 15 is 0 Å². The highest BCUT2D eigenvalue weighted by Crippen LogP contribution is 2.36. The number of benzene rings is 3. The summed E-state index contributed by atoms with van der Waals surface area (Å²) in [6.07, 6.45) is -4.12. The van der Waals surface area contributed by atoms with Crippen LogP contribution in [0.4, 0.5) is 13.2 Å². The van der Waals surface area contributed by atoms with Crippen LogP contribution < -0.4 is 5.32 Å². The van der Waals surface area contributed by atoms with Crippen LogP contribution in [-0.4, -0.2) is 23.9 Å². The number of fused-ring (bicyclic) bond motifs is 1. The van der Waals surface area contributed by atoms with Crippen LogP contribution >= 0.6 is 12.4 Å². The fourth-order valence-electron chi connectivity index (χ4n) is 4.67. The Bertz CT molecular complexity index is 1270. The van der Waals surface area contributed by atoms with E-state index < -0.39 is 11.7 Å². The quantitative estimate of drug-likeness (QED) is 0.380. The van der Waals surface area contributed by atoms with Gasteiger partial charge in [0.25, 0.3) is 5.91 Å². The standard InChI is InChI=1S/C28H26F3N3O.ClH/c1-19-16-34(17-20-6-2-9-23(14-20)28(29,30)31)18-26-24(19)10-4-11-25(26)21-7-3-8-22(15-21)27(35)33-13-5-12-32;/h2-4,6-11,14-15,19H,5,13,16-18H2,1H3,(H,33,35);1H. The first-order chi connectivity index (χ1) is 16.8. The molecule has 0 fully saturated rings. The molecule has 4 rings (SSSR count). The summed E-state index contributed by atoms with van der Waals surface area (Å²) in [4.78, 5) is 14.7. The topological polar surface area (TPSA) is 56.1 Å². The zero-order valence-corrected chi connectivity index (χ0v) is 20.6. The highest BCUT2D eigenvalue weighted by Gasteiger charge is 2.31. The van der Waals surface area contributed by atoms with E-state index in [4.69, 9.17) is 5.26 Å². The Morgan fingerprint density at radius 1 is 1.11 bits per heavy atom. The fraction of sp³-hybridized carbons (Fsp3) is 0.286. The number of nitriles is 1. The van der Waals surface area contributed by atoms with Crippen LogP contribution in [0.15, 0.2) is 66.7 Å². The number of halogens is 4. The van der Waals surface area contributed by atoms with Gasteiger partial charge in [-0.05, 0) is 51.9 Å². The molecule has 1 amide bonds. The van der Waals surface area contributed by atoms with Gasteiger partial charge in [0.2, 0.25) is 0 Å². The minimum atomic E-state index is -4.36. The first-order valence-electron chi connectivity index (χ1n) is 11.5. The molecule has 0 spiro atoms. The zero-order valence-electron chi connectivity index (χ0n) is 19.8. The van der Waals surface area contributed by atoms with Gasteiger partial charge in [-0.25, -0.2) is 0 Å². The average Bonchev–Trinajstić information content (AvgIpc) is 2.83. The Balaban J connectivity index is 0.00000361. The Kier molecular flexibility index (Phi) is 8.78. The monoisotopic (exact) mass is 513 g/mol. The van der Waals surface area contributed by atoms with Crippen LogP contribution in [0, 0.1) is 11.3 Å². The number of nitrogens with zero attached hydrogens (tertiary/aromatic N) is 2. The number of carbonyl (C=O) groups is 1. The van der Waals surface area contributed by atoms with Crippen molar-refractivity contribution in [3.8, 4) is 17.2 Å². The number of hydrogen-bond donors (Lipinski definition) is 1. The Labute approximate surface area is 215 Å². The van der Waals surface area contributed by atoms with Gasteiger partial charge in [-0.3, -0.25) is 9.69 Å². The van der Waals surface area contributed by atoms with Crippen LogP contribution in [-0.2, 0) is 19.3 Å². The molecule has 36 heavy (non-hydrogen) atoms. The minimum absolute atomic E-state index is 0. The second-order valence-electron chi connectivity index (χ2n) is 8.89. The molecule has 1 heterocycles. The van der Waals surface area contributed by atoms with E-state index in [1.54, 1.807) is 12.1 Å². The molecule has 0 aliphatic carbocycles. The van der Waals surface area contributed by atoms with Gasteiger partial charge in [-0.2, -0.15) is 18.4 Å². The lowest BCUT2D eigenvalue weighted by atomic mass is 9.85. The Morgan fingerprint density at radius 2 is 1.86 bits per heavy atom. The maximum Gasteiger partial charge on any atom is 0.416 e. The molecular formula is C28H27ClF3N3O. The zero-order chi connectivity index (χ0) is 25.0. The minimum Gasteiger partial charge on any atom is -0.351 e. The predicted octanol–water partition coefficient (Wildman–Crippen LogP) is 6.56. The Morgan fingerprint density at radius 3 is 2.61 bits per heavy atom. The Hall–Kier alpha value is -3.34. The summed E-state index contributed by atoms with van der Waals surface area (Å²) < 4.78 is 39.5. The van der Waals surface area contributed by atoms with Gasteiger partial charge in [0.05, 0.1) is 18.1 Å². The molecule has 1 aliphatic heterocycles. The summed E-state index contributed by atoms with van der Waals surface area (Å²) in [6.45, 7) is 4.18. The molecule has 3 aromatic carbocycles. The van der Waals surface area contributed by atoms with E-state index in [0.717, 1.165) is 29.3 Å². The molecule has 1 aliphatic rings. The normalized spacial score (nSPS) is 15.4. The van der Waals surface area contributed by atoms with Crippen molar-refractivity contribution in [2.45, 2.75) is 38.5 Å². The molecule has 4 nitrogen and oxygen atoms in total. The summed E-state index contributed by atoms with van der Waals surface area (Å²) in [5, 5.41) is 11.4. The van der Waals surface area contributed by atoms with Crippen LogP contribution in [0.25, 0.3) is 11.1 Å². The van der Waals surface area contributed by atoms with Crippen LogP contribution in [0.5, 0.6) is 0 Å². The number of carbonyl (C=O) groups excluding carboxylic acids is 1. The van der Waals surface area contributed by atoms with Gasteiger partial charge in [0, 0.05) is 31.7 Å². The first-order valence-corrected chi connectivity index (χ1v) is 11.5. The first kappa shape index (κ1) is 27.3. The van der Waals surface area contributed by atoms with Gasteiger partial charge >= 0.3 is 6.18 Å². The number of amides is 1. The molecular weight excluding hydrogens is 487 g/mol.